The maximum Gasteiger partial charge on any atom is 0.149 e. The largest absolute Gasteiger partial charge is 0.396 e. The summed E-state index contributed by atoms with van der Waals surface area (Å²) in [7, 11) is 0. The van der Waals surface area contributed by atoms with Crippen LogP contribution in [0.5, 0.6) is 0 Å². The molecule has 2 unspecified atom stereocenters. The molecule has 1 aromatic rings. The second-order valence-corrected chi connectivity index (χ2v) is 4.08. The molecular weight excluding hydrogens is 190 g/mol. The molecule has 1 aromatic heterocycles. The van der Waals surface area contributed by atoms with Crippen LogP contribution < -0.4 is 11.1 Å². The average molecular weight is 207 g/mol. The maximum atomic E-state index is 9.64. The molecule has 0 saturated heterocycles. The molecule has 0 amide bonds. The summed E-state index contributed by atoms with van der Waals surface area (Å²) in [6.07, 6.45) is 4.67. The number of nitrogens with zero attached hydrogens (tertiary/aromatic N) is 1. The molecule has 0 aromatic carbocycles. The van der Waals surface area contributed by atoms with Gasteiger partial charge in [-0.1, -0.05) is 6.42 Å². The van der Waals surface area contributed by atoms with Crippen LogP contribution in [0.2, 0.25) is 0 Å². The SMILES string of the molecule is Nc1cccnc1NCC1CCCC1O. The Morgan fingerprint density at radius 2 is 2.40 bits per heavy atom. The molecule has 2 atom stereocenters. The lowest BCUT2D eigenvalue weighted by atomic mass is 10.1. The van der Waals surface area contributed by atoms with Crippen molar-refractivity contribution in [3.05, 3.63) is 18.3 Å². The molecule has 0 spiro atoms. The second-order valence-electron chi connectivity index (χ2n) is 4.08. The van der Waals surface area contributed by atoms with Gasteiger partial charge in [0.05, 0.1) is 11.8 Å². The van der Waals surface area contributed by atoms with Crippen LogP contribution in [0, 0.1) is 5.92 Å². The molecule has 1 aliphatic rings. The number of pyridine rings is 1. The van der Waals surface area contributed by atoms with E-state index in [-0.39, 0.29) is 6.10 Å². The number of nitrogens with one attached hydrogen (secondary N) is 1. The first-order valence-corrected chi connectivity index (χ1v) is 5.40. The van der Waals surface area contributed by atoms with E-state index in [1.807, 2.05) is 12.1 Å². The standard InChI is InChI=1S/C11H17N3O/c12-9-4-2-6-13-11(9)14-7-8-3-1-5-10(8)15/h2,4,6,8,10,15H,1,3,5,7,12H2,(H,13,14). The summed E-state index contributed by atoms with van der Waals surface area (Å²) in [4.78, 5) is 4.15. The molecular formula is C11H17N3O. The molecule has 0 radical (unpaired) electrons. The summed E-state index contributed by atoms with van der Waals surface area (Å²) < 4.78 is 0. The number of aromatic nitrogens is 1. The molecule has 1 heterocycles. The Morgan fingerprint density at radius 3 is 3.07 bits per heavy atom. The number of hydrogen-bond acceptors (Lipinski definition) is 4. The van der Waals surface area contributed by atoms with Crippen molar-refractivity contribution in [2.75, 3.05) is 17.6 Å². The Balaban J connectivity index is 1.90. The summed E-state index contributed by atoms with van der Waals surface area (Å²) in [5.41, 5.74) is 6.41. The summed E-state index contributed by atoms with van der Waals surface area (Å²) in [6.45, 7) is 0.752. The third-order valence-electron chi connectivity index (χ3n) is 2.99. The molecule has 1 saturated carbocycles. The van der Waals surface area contributed by atoms with Crippen LogP contribution in [0.1, 0.15) is 19.3 Å². The van der Waals surface area contributed by atoms with E-state index in [1.165, 1.54) is 0 Å². The molecule has 4 heteroatoms. The van der Waals surface area contributed by atoms with Gasteiger partial charge < -0.3 is 16.2 Å². The molecule has 0 bridgehead atoms. The van der Waals surface area contributed by atoms with Crippen LogP contribution in [0.15, 0.2) is 18.3 Å². The van der Waals surface area contributed by atoms with Crippen molar-refractivity contribution in [1.29, 1.82) is 0 Å². The number of rotatable bonds is 3. The minimum atomic E-state index is -0.164. The van der Waals surface area contributed by atoms with Crippen LogP contribution in [-0.4, -0.2) is 22.7 Å². The summed E-state index contributed by atoms with van der Waals surface area (Å²) >= 11 is 0. The molecule has 2 rings (SSSR count). The lowest BCUT2D eigenvalue weighted by molar-refractivity contribution is 0.138. The smallest absolute Gasteiger partial charge is 0.149 e. The zero-order valence-electron chi connectivity index (χ0n) is 8.69. The number of hydrogen-bond donors (Lipinski definition) is 3. The number of aliphatic hydroxyl groups excluding tert-OH is 1. The summed E-state index contributed by atoms with van der Waals surface area (Å²) in [5, 5.41) is 12.8. The van der Waals surface area contributed by atoms with Gasteiger partial charge in [0.2, 0.25) is 0 Å². The van der Waals surface area contributed by atoms with Gasteiger partial charge in [-0.05, 0) is 25.0 Å². The van der Waals surface area contributed by atoms with Crippen molar-refractivity contribution in [3.8, 4) is 0 Å². The Hall–Kier alpha value is -1.29. The normalized spacial score (nSPS) is 25.4. The van der Waals surface area contributed by atoms with Crippen LogP contribution in [0.3, 0.4) is 0 Å². The van der Waals surface area contributed by atoms with Crippen LogP contribution in [0.25, 0.3) is 0 Å². The zero-order chi connectivity index (χ0) is 10.7. The Labute approximate surface area is 89.5 Å². The van der Waals surface area contributed by atoms with Gasteiger partial charge in [0.1, 0.15) is 5.82 Å². The summed E-state index contributed by atoms with van der Waals surface area (Å²) in [6, 6.07) is 3.63. The topological polar surface area (TPSA) is 71.2 Å². The van der Waals surface area contributed by atoms with E-state index in [0.717, 1.165) is 31.6 Å². The monoisotopic (exact) mass is 207 g/mol. The second kappa shape index (κ2) is 4.49. The van der Waals surface area contributed by atoms with Crippen LogP contribution >= 0.6 is 0 Å². The highest BCUT2D eigenvalue weighted by Crippen LogP contribution is 2.26. The number of aliphatic hydroxyl groups is 1. The van der Waals surface area contributed by atoms with Crippen molar-refractivity contribution < 1.29 is 5.11 Å². The maximum absolute atomic E-state index is 9.64. The average Bonchev–Trinajstić information content (AvgIpc) is 2.63. The quantitative estimate of drug-likeness (QED) is 0.697. The first-order chi connectivity index (χ1) is 7.27. The van der Waals surface area contributed by atoms with E-state index in [4.69, 9.17) is 5.73 Å². The third-order valence-corrected chi connectivity index (χ3v) is 2.99. The predicted molar refractivity (Wildman–Crippen MR) is 60.5 cm³/mol. The van der Waals surface area contributed by atoms with E-state index >= 15 is 0 Å². The van der Waals surface area contributed by atoms with E-state index in [2.05, 4.69) is 10.3 Å². The Kier molecular flexibility index (Phi) is 3.06. The Bertz CT molecular complexity index is 329. The predicted octanol–water partition coefficient (Wildman–Crippen LogP) is 1.24. The number of nitrogen functional groups attached to an aromatic ring is 1. The molecule has 15 heavy (non-hydrogen) atoms. The van der Waals surface area contributed by atoms with Gasteiger partial charge in [-0.3, -0.25) is 0 Å². The van der Waals surface area contributed by atoms with E-state index < -0.39 is 0 Å². The van der Waals surface area contributed by atoms with Gasteiger partial charge in [-0.25, -0.2) is 4.98 Å². The fourth-order valence-corrected chi connectivity index (χ4v) is 2.05. The molecule has 82 valence electrons. The van der Waals surface area contributed by atoms with Gasteiger partial charge >= 0.3 is 0 Å². The minimum absolute atomic E-state index is 0.164. The van der Waals surface area contributed by atoms with Gasteiger partial charge in [0, 0.05) is 18.7 Å². The van der Waals surface area contributed by atoms with E-state index in [1.54, 1.807) is 6.20 Å². The Morgan fingerprint density at radius 1 is 1.53 bits per heavy atom. The fraction of sp³-hybridized carbons (Fsp3) is 0.545. The first kappa shape index (κ1) is 10.2. The van der Waals surface area contributed by atoms with Crippen molar-refractivity contribution in [2.45, 2.75) is 25.4 Å². The first-order valence-electron chi connectivity index (χ1n) is 5.40. The number of anilines is 2. The fourth-order valence-electron chi connectivity index (χ4n) is 2.05. The highest BCUT2D eigenvalue weighted by molar-refractivity contribution is 5.60. The highest BCUT2D eigenvalue weighted by atomic mass is 16.3. The van der Waals surface area contributed by atoms with Crippen molar-refractivity contribution >= 4 is 11.5 Å². The zero-order valence-corrected chi connectivity index (χ0v) is 8.69. The number of nitrogens with two attached hydrogens (primary N) is 1. The van der Waals surface area contributed by atoms with Gasteiger partial charge in [0.25, 0.3) is 0 Å². The van der Waals surface area contributed by atoms with Gasteiger partial charge in [-0.2, -0.15) is 0 Å². The highest BCUT2D eigenvalue weighted by Gasteiger charge is 2.24. The summed E-state index contributed by atoms with van der Waals surface area (Å²) in [5.74, 6) is 1.06. The third kappa shape index (κ3) is 2.39. The molecule has 1 fully saturated rings. The van der Waals surface area contributed by atoms with Crippen LogP contribution in [0.4, 0.5) is 11.5 Å². The van der Waals surface area contributed by atoms with Crippen LogP contribution in [-0.2, 0) is 0 Å². The lowest BCUT2D eigenvalue weighted by Crippen LogP contribution is -2.22. The molecule has 4 N–H and O–H groups in total. The molecule has 4 nitrogen and oxygen atoms in total. The van der Waals surface area contributed by atoms with Crippen molar-refractivity contribution in [2.24, 2.45) is 5.92 Å². The molecule has 1 aliphatic carbocycles. The van der Waals surface area contributed by atoms with E-state index in [0.29, 0.717) is 11.6 Å². The lowest BCUT2D eigenvalue weighted by Gasteiger charge is -2.16. The van der Waals surface area contributed by atoms with Crippen molar-refractivity contribution in [3.63, 3.8) is 0 Å². The van der Waals surface area contributed by atoms with Gasteiger partial charge in [0.15, 0.2) is 0 Å². The minimum Gasteiger partial charge on any atom is -0.396 e. The molecule has 0 aliphatic heterocycles. The van der Waals surface area contributed by atoms with Crippen molar-refractivity contribution in [1.82, 2.24) is 4.98 Å². The van der Waals surface area contributed by atoms with Gasteiger partial charge in [-0.15, -0.1) is 0 Å². The van der Waals surface area contributed by atoms with E-state index in [9.17, 15) is 5.11 Å².